The van der Waals surface area contributed by atoms with Crippen molar-refractivity contribution in [3.05, 3.63) is 35.4 Å². The molecule has 0 aromatic heterocycles. The molecule has 2 amide bonds. The predicted octanol–water partition coefficient (Wildman–Crippen LogP) is 1.82. The molecule has 2 N–H and O–H groups in total. The molecule has 4 nitrogen and oxygen atoms in total. The van der Waals surface area contributed by atoms with Gasteiger partial charge in [-0.3, -0.25) is 9.59 Å². The van der Waals surface area contributed by atoms with Crippen LogP contribution in [0.5, 0.6) is 0 Å². The second-order valence-electron chi connectivity index (χ2n) is 5.41. The molecule has 0 spiro atoms. The van der Waals surface area contributed by atoms with E-state index in [4.69, 9.17) is 0 Å². The Balaban J connectivity index is 2.26. The van der Waals surface area contributed by atoms with E-state index in [1.807, 2.05) is 31.2 Å². The zero-order chi connectivity index (χ0) is 15.0. The summed E-state index contributed by atoms with van der Waals surface area (Å²) in [5, 5.41) is 5.44. The lowest BCUT2D eigenvalue weighted by atomic mass is 10.1. The van der Waals surface area contributed by atoms with Crippen LogP contribution < -0.4 is 10.6 Å². The fourth-order valence-electron chi connectivity index (χ4n) is 1.79. The van der Waals surface area contributed by atoms with Gasteiger partial charge in [0.2, 0.25) is 11.8 Å². The van der Waals surface area contributed by atoms with Crippen molar-refractivity contribution in [1.82, 2.24) is 10.6 Å². The molecule has 1 aromatic rings. The lowest BCUT2D eigenvalue weighted by Gasteiger charge is -2.09. The molecule has 0 radical (unpaired) electrons. The van der Waals surface area contributed by atoms with Crippen LogP contribution in [0.1, 0.15) is 31.4 Å². The van der Waals surface area contributed by atoms with Gasteiger partial charge in [0.15, 0.2) is 0 Å². The molecule has 0 saturated carbocycles. The molecule has 0 heterocycles. The molecule has 0 unspecified atom stereocenters. The van der Waals surface area contributed by atoms with Gasteiger partial charge in [-0.2, -0.15) is 0 Å². The molecule has 0 bridgehead atoms. The SMILES string of the molecule is Cc1ccccc1CC(=O)NCC(=O)NCCC(C)C. The highest BCUT2D eigenvalue weighted by atomic mass is 16.2. The molecule has 0 atom stereocenters. The zero-order valence-corrected chi connectivity index (χ0v) is 12.5. The van der Waals surface area contributed by atoms with E-state index in [1.165, 1.54) is 0 Å². The molecule has 0 aliphatic carbocycles. The van der Waals surface area contributed by atoms with Crippen LogP contribution in [0.3, 0.4) is 0 Å². The zero-order valence-electron chi connectivity index (χ0n) is 12.5. The summed E-state index contributed by atoms with van der Waals surface area (Å²) in [4.78, 5) is 23.3. The normalized spacial score (nSPS) is 10.4. The van der Waals surface area contributed by atoms with Crippen molar-refractivity contribution >= 4 is 11.8 Å². The molecule has 1 aromatic carbocycles. The number of benzene rings is 1. The Morgan fingerprint density at radius 2 is 1.80 bits per heavy atom. The first kappa shape index (κ1) is 16.2. The monoisotopic (exact) mass is 276 g/mol. The summed E-state index contributed by atoms with van der Waals surface area (Å²) in [7, 11) is 0. The van der Waals surface area contributed by atoms with E-state index in [0.717, 1.165) is 17.5 Å². The maximum Gasteiger partial charge on any atom is 0.239 e. The smallest absolute Gasteiger partial charge is 0.239 e. The van der Waals surface area contributed by atoms with Gasteiger partial charge in [0.05, 0.1) is 13.0 Å². The molecule has 4 heteroatoms. The van der Waals surface area contributed by atoms with Gasteiger partial charge in [-0.05, 0) is 30.4 Å². The van der Waals surface area contributed by atoms with Gasteiger partial charge < -0.3 is 10.6 Å². The quantitative estimate of drug-likeness (QED) is 0.798. The molecule has 0 saturated heterocycles. The van der Waals surface area contributed by atoms with Crippen molar-refractivity contribution in [3.63, 3.8) is 0 Å². The van der Waals surface area contributed by atoms with Crippen LogP contribution >= 0.6 is 0 Å². The maximum atomic E-state index is 11.8. The fourth-order valence-corrected chi connectivity index (χ4v) is 1.79. The van der Waals surface area contributed by atoms with Gasteiger partial charge in [0.1, 0.15) is 0 Å². The summed E-state index contributed by atoms with van der Waals surface area (Å²) in [5.41, 5.74) is 2.08. The second kappa shape index (κ2) is 8.35. The largest absolute Gasteiger partial charge is 0.355 e. The first-order valence-corrected chi connectivity index (χ1v) is 7.07. The van der Waals surface area contributed by atoms with Gasteiger partial charge in [0, 0.05) is 6.54 Å². The molecule has 110 valence electrons. The number of hydrogen-bond donors (Lipinski definition) is 2. The Morgan fingerprint density at radius 1 is 1.10 bits per heavy atom. The highest BCUT2D eigenvalue weighted by Crippen LogP contribution is 2.07. The Hall–Kier alpha value is -1.84. The Kier molecular flexibility index (Phi) is 6.77. The lowest BCUT2D eigenvalue weighted by molar-refractivity contribution is -0.125. The van der Waals surface area contributed by atoms with Crippen molar-refractivity contribution in [3.8, 4) is 0 Å². The third-order valence-corrected chi connectivity index (χ3v) is 3.10. The molecule has 0 fully saturated rings. The summed E-state index contributed by atoms with van der Waals surface area (Å²) in [6, 6.07) is 7.76. The van der Waals surface area contributed by atoms with E-state index in [9.17, 15) is 9.59 Å². The number of carbonyl (C=O) groups is 2. The second-order valence-corrected chi connectivity index (χ2v) is 5.41. The number of carbonyl (C=O) groups excluding carboxylic acids is 2. The average molecular weight is 276 g/mol. The van der Waals surface area contributed by atoms with E-state index < -0.39 is 0 Å². The van der Waals surface area contributed by atoms with Crippen LogP contribution in [0.15, 0.2) is 24.3 Å². The van der Waals surface area contributed by atoms with Gasteiger partial charge in [-0.25, -0.2) is 0 Å². The molecular weight excluding hydrogens is 252 g/mol. The first-order valence-electron chi connectivity index (χ1n) is 7.07. The molecular formula is C16H24N2O2. The number of amides is 2. The number of aryl methyl sites for hydroxylation is 1. The maximum absolute atomic E-state index is 11.8. The van der Waals surface area contributed by atoms with Gasteiger partial charge >= 0.3 is 0 Å². The minimum Gasteiger partial charge on any atom is -0.355 e. The van der Waals surface area contributed by atoms with E-state index in [-0.39, 0.29) is 18.4 Å². The first-order chi connectivity index (χ1) is 9.49. The third-order valence-electron chi connectivity index (χ3n) is 3.10. The van der Waals surface area contributed by atoms with Crippen LogP contribution in [0.4, 0.5) is 0 Å². The van der Waals surface area contributed by atoms with Crippen LogP contribution in [-0.4, -0.2) is 24.9 Å². The Labute approximate surface area is 121 Å². The van der Waals surface area contributed by atoms with Crippen LogP contribution in [0, 0.1) is 12.8 Å². The highest BCUT2D eigenvalue weighted by Gasteiger charge is 2.07. The molecule has 20 heavy (non-hydrogen) atoms. The molecule has 0 aliphatic rings. The number of nitrogens with one attached hydrogen (secondary N) is 2. The lowest BCUT2D eigenvalue weighted by Crippen LogP contribution is -2.38. The summed E-state index contributed by atoms with van der Waals surface area (Å²) in [5.74, 6) is 0.299. The Bertz CT molecular complexity index is 456. The number of rotatable bonds is 7. The molecule has 1 rings (SSSR count). The van der Waals surface area contributed by atoms with Crippen LogP contribution in [0.2, 0.25) is 0 Å². The summed E-state index contributed by atoms with van der Waals surface area (Å²) < 4.78 is 0. The average Bonchev–Trinajstić information content (AvgIpc) is 2.39. The van der Waals surface area contributed by atoms with Gasteiger partial charge in [-0.15, -0.1) is 0 Å². The summed E-state index contributed by atoms with van der Waals surface area (Å²) in [6.45, 7) is 6.89. The predicted molar refractivity (Wildman–Crippen MR) is 80.4 cm³/mol. The topological polar surface area (TPSA) is 58.2 Å². The van der Waals surface area contributed by atoms with Crippen LogP contribution in [-0.2, 0) is 16.0 Å². The minimum atomic E-state index is -0.135. The number of hydrogen-bond acceptors (Lipinski definition) is 2. The van der Waals surface area contributed by atoms with E-state index in [1.54, 1.807) is 0 Å². The highest BCUT2D eigenvalue weighted by molar-refractivity contribution is 5.85. The summed E-state index contributed by atoms with van der Waals surface area (Å²) >= 11 is 0. The van der Waals surface area contributed by atoms with Crippen LogP contribution in [0.25, 0.3) is 0 Å². The van der Waals surface area contributed by atoms with Crippen molar-refractivity contribution in [2.45, 2.75) is 33.6 Å². The van der Waals surface area contributed by atoms with E-state index in [0.29, 0.717) is 18.9 Å². The summed E-state index contributed by atoms with van der Waals surface area (Å²) in [6.07, 6.45) is 1.26. The van der Waals surface area contributed by atoms with Crippen molar-refractivity contribution < 1.29 is 9.59 Å². The van der Waals surface area contributed by atoms with Gasteiger partial charge in [0.25, 0.3) is 0 Å². The van der Waals surface area contributed by atoms with Gasteiger partial charge in [-0.1, -0.05) is 38.1 Å². The minimum absolute atomic E-state index is 0.0445. The third kappa shape index (κ3) is 6.36. The Morgan fingerprint density at radius 3 is 2.45 bits per heavy atom. The van der Waals surface area contributed by atoms with E-state index in [2.05, 4.69) is 24.5 Å². The van der Waals surface area contributed by atoms with Crippen molar-refractivity contribution in [2.75, 3.05) is 13.1 Å². The van der Waals surface area contributed by atoms with E-state index >= 15 is 0 Å². The standard InChI is InChI=1S/C16H24N2O2/c1-12(2)8-9-17-16(20)11-18-15(19)10-14-7-5-4-6-13(14)3/h4-7,12H,8-11H2,1-3H3,(H,17,20)(H,18,19). The molecule has 0 aliphatic heterocycles. The van der Waals surface area contributed by atoms with Crippen molar-refractivity contribution in [2.24, 2.45) is 5.92 Å². The fraction of sp³-hybridized carbons (Fsp3) is 0.500. The van der Waals surface area contributed by atoms with Crippen molar-refractivity contribution in [1.29, 1.82) is 0 Å².